The van der Waals surface area contributed by atoms with E-state index in [4.69, 9.17) is 11.6 Å². The molecule has 2 rings (SSSR count). The molecular weight excluding hydrogens is 286 g/mol. The Morgan fingerprint density at radius 3 is 2.15 bits per heavy atom. The third kappa shape index (κ3) is 2.86. The quantitative estimate of drug-likeness (QED) is 0.869. The number of aliphatic hydroxyl groups excluding tert-OH is 1. The van der Waals surface area contributed by atoms with Gasteiger partial charge in [-0.2, -0.15) is 8.78 Å². The Bertz CT molecular complexity index is 597. The van der Waals surface area contributed by atoms with Gasteiger partial charge in [-0.05, 0) is 29.8 Å². The molecule has 0 aliphatic carbocycles. The average Bonchev–Trinajstić information content (AvgIpc) is 2.47. The first kappa shape index (κ1) is 14.6. The SMILES string of the molecule is O=C(c1ccc(Cl)cc1)C(F)(F)C(O)c1ccccc1. The predicted octanol–water partition coefficient (Wildman–Crippen LogP) is 3.89. The molecule has 0 spiro atoms. The number of carbonyl (C=O) groups excluding carboxylic acids is 1. The van der Waals surface area contributed by atoms with Crippen LogP contribution in [0.25, 0.3) is 0 Å². The molecule has 0 aromatic heterocycles. The smallest absolute Gasteiger partial charge is 0.339 e. The van der Waals surface area contributed by atoms with Crippen molar-refractivity contribution in [3.05, 3.63) is 70.7 Å². The molecule has 20 heavy (non-hydrogen) atoms. The van der Waals surface area contributed by atoms with Gasteiger partial charge >= 0.3 is 5.92 Å². The maximum atomic E-state index is 14.1. The Morgan fingerprint density at radius 1 is 1.05 bits per heavy atom. The van der Waals surface area contributed by atoms with E-state index in [9.17, 15) is 18.7 Å². The molecule has 0 bridgehead atoms. The number of hydrogen-bond acceptors (Lipinski definition) is 2. The highest BCUT2D eigenvalue weighted by Crippen LogP contribution is 2.34. The highest BCUT2D eigenvalue weighted by Gasteiger charge is 2.47. The number of Topliss-reactive ketones (excluding diaryl/α,β-unsaturated/α-hetero) is 1. The van der Waals surface area contributed by atoms with Crippen LogP contribution in [0, 0.1) is 0 Å². The molecule has 1 unspecified atom stereocenters. The minimum absolute atomic E-state index is 0.0141. The van der Waals surface area contributed by atoms with Gasteiger partial charge in [-0.3, -0.25) is 4.79 Å². The zero-order chi connectivity index (χ0) is 14.8. The first-order valence-electron chi connectivity index (χ1n) is 5.84. The molecule has 0 fully saturated rings. The normalized spacial score (nSPS) is 13.0. The van der Waals surface area contributed by atoms with Crippen molar-refractivity contribution in [3.8, 4) is 0 Å². The predicted molar refractivity (Wildman–Crippen MR) is 72.1 cm³/mol. The molecule has 0 heterocycles. The van der Waals surface area contributed by atoms with E-state index in [1.165, 1.54) is 48.5 Å². The second-order valence-corrected chi connectivity index (χ2v) is 4.71. The van der Waals surface area contributed by atoms with E-state index in [2.05, 4.69) is 0 Å². The summed E-state index contributed by atoms with van der Waals surface area (Å²) in [6, 6.07) is 12.5. The summed E-state index contributed by atoms with van der Waals surface area (Å²) < 4.78 is 28.1. The van der Waals surface area contributed by atoms with Crippen LogP contribution in [0.1, 0.15) is 22.0 Å². The monoisotopic (exact) mass is 296 g/mol. The maximum absolute atomic E-state index is 14.1. The third-order valence-electron chi connectivity index (χ3n) is 2.87. The Kier molecular flexibility index (Phi) is 4.16. The fraction of sp³-hybridized carbons (Fsp3) is 0.133. The fourth-order valence-electron chi connectivity index (χ4n) is 1.76. The molecule has 1 atom stereocenters. The van der Waals surface area contributed by atoms with E-state index in [0.29, 0.717) is 5.02 Å². The summed E-state index contributed by atoms with van der Waals surface area (Å²) in [4.78, 5) is 11.8. The minimum atomic E-state index is -3.91. The van der Waals surface area contributed by atoms with Crippen LogP contribution in [-0.2, 0) is 0 Å². The lowest BCUT2D eigenvalue weighted by molar-refractivity contribution is -0.0792. The summed E-state index contributed by atoms with van der Waals surface area (Å²) in [5.74, 6) is -5.35. The van der Waals surface area contributed by atoms with Crippen LogP contribution >= 0.6 is 11.6 Å². The number of halogens is 3. The number of alkyl halides is 2. The van der Waals surface area contributed by atoms with E-state index in [0.717, 1.165) is 0 Å². The van der Waals surface area contributed by atoms with E-state index < -0.39 is 17.8 Å². The van der Waals surface area contributed by atoms with E-state index in [1.807, 2.05) is 0 Å². The highest BCUT2D eigenvalue weighted by molar-refractivity contribution is 6.30. The Labute approximate surface area is 119 Å². The summed E-state index contributed by atoms with van der Waals surface area (Å²) >= 11 is 5.64. The molecule has 0 aliphatic heterocycles. The molecule has 0 saturated heterocycles. The van der Waals surface area contributed by atoms with E-state index in [1.54, 1.807) is 6.07 Å². The van der Waals surface area contributed by atoms with Crippen molar-refractivity contribution >= 4 is 17.4 Å². The van der Waals surface area contributed by atoms with E-state index >= 15 is 0 Å². The number of ketones is 1. The molecule has 104 valence electrons. The van der Waals surface area contributed by atoms with Crippen LogP contribution in [0.15, 0.2) is 54.6 Å². The molecule has 0 aliphatic rings. The van der Waals surface area contributed by atoms with Crippen LogP contribution < -0.4 is 0 Å². The van der Waals surface area contributed by atoms with Gasteiger partial charge in [0.15, 0.2) is 6.10 Å². The second kappa shape index (κ2) is 5.69. The van der Waals surface area contributed by atoms with Crippen molar-refractivity contribution in [3.63, 3.8) is 0 Å². The average molecular weight is 297 g/mol. The van der Waals surface area contributed by atoms with Crippen molar-refractivity contribution in [1.82, 2.24) is 0 Å². The standard InChI is InChI=1S/C15H11ClF2O2/c16-12-8-6-11(7-9-12)14(20)15(17,18)13(19)10-4-2-1-3-5-10/h1-9,13,19H. The van der Waals surface area contributed by atoms with Gasteiger partial charge in [0.25, 0.3) is 0 Å². The molecule has 2 aromatic carbocycles. The lowest BCUT2D eigenvalue weighted by Crippen LogP contribution is -2.35. The van der Waals surface area contributed by atoms with Gasteiger partial charge in [0.1, 0.15) is 0 Å². The van der Waals surface area contributed by atoms with Crippen molar-refractivity contribution in [2.24, 2.45) is 0 Å². The number of benzene rings is 2. The zero-order valence-electron chi connectivity index (χ0n) is 10.3. The van der Waals surface area contributed by atoms with Crippen LogP contribution in [0.5, 0.6) is 0 Å². The van der Waals surface area contributed by atoms with Crippen molar-refractivity contribution in [2.45, 2.75) is 12.0 Å². The molecule has 0 radical (unpaired) electrons. The van der Waals surface area contributed by atoms with E-state index in [-0.39, 0.29) is 11.1 Å². The molecule has 1 N–H and O–H groups in total. The van der Waals surface area contributed by atoms with Gasteiger partial charge in [0.2, 0.25) is 5.78 Å². The van der Waals surface area contributed by atoms with Crippen molar-refractivity contribution in [1.29, 1.82) is 0 Å². The summed E-state index contributed by atoms with van der Waals surface area (Å²) in [5.41, 5.74) is -0.214. The fourth-order valence-corrected chi connectivity index (χ4v) is 1.89. The van der Waals surface area contributed by atoms with Gasteiger partial charge in [-0.15, -0.1) is 0 Å². The Balaban J connectivity index is 2.29. The lowest BCUT2D eigenvalue weighted by atomic mass is 9.96. The molecule has 2 nitrogen and oxygen atoms in total. The first-order valence-corrected chi connectivity index (χ1v) is 6.22. The first-order chi connectivity index (χ1) is 9.43. The Morgan fingerprint density at radius 2 is 1.60 bits per heavy atom. The summed E-state index contributed by atoms with van der Waals surface area (Å²) in [7, 11) is 0. The minimum Gasteiger partial charge on any atom is -0.382 e. The summed E-state index contributed by atoms with van der Waals surface area (Å²) in [6.45, 7) is 0. The van der Waals surface area contributed by atoms with Crippen LogP contribution in [0.4, 0.5) is 8.78 Å². The van der Waals surface area contributed by atoms with Crippen LogP contribution in [0.3, 0.4) is 0 Å². The molecule has 2 aromatic rings. The third-order valence-corrected chi connectivity index (χ3v) is 3.12. The van der Waals surface area contributed by atoms with Gasteiger partial charge in [0, 0.05) is 10.6 Å². The molecule has 5 heteroatoms. The maximum Gasteiger partial charge on any atom is 0.339 e. The zero-order valence-corrected chi connectivity index (χ0v) is 11.0. The van der Waals surface area contributed by atoms with Crippen LogP contribution in [-0.4, -0.2) is 16.8 Å². The number of aliphatic hydroxyl groups is 1. The number of rotatable bonds is 4. The summed E-state index contributed by atoms with van der Waals surface area (Å²) in [6.07, 6.45) is -2.19. The second-order valence-electron chi connectivity index (χ2n) is 4.27. The Hall–Kier alpha value is -1.78. The largest absolute Gasteiger partial charge is 0.382 e. The highest BCUT2D eigenvalue weighted by atomic mass is 35.5. The number of hydrogen-bond donors (Lipinski definition) is 1. The topological polar surface area (TPSA) is 37.3 Å². The lowest BCUT2D eigenvalue weighted by Gasteiger charge is -2.21. The van der Waals surface area contributed by atoms with Gasteiger partial charge < -0.3 is 5.11 Å². The summed E-state index contributed by atoms with van der Waals surface area (Å²) in [5, 5.41) is 10.1. The molecular formula is C15H11ClF2O2. The van der Waals surface area contributed by atoms with Crippen LogP contribution in [0.2, 0.25) is 5.02 Å². The van der Waals surface area contributed by atoms with Gasteiger partial charge in [-0.25, -0.2) is 0 Å². The van der Waals surface area contributed by atoms with Crippen molar-refractivity contribution in [2.75, 3.05) is 0 Å². The molecule has 0 amide bonds. The van der Waals surface area contributed by atoms with Gasteiger partial charge in [0.05, 0.1) is 0 Å². The molecule has 0 saturated carbocycles. The number of carbonyl (C=O) groups is 1. The van der Waals surface area contributed by atoms with Gasteiger partial charge in [-0.1, -0.05) is 41.9 Å². The van der Waals surface area contributed by atoms with Crippen molar-refractivity contribution < 1.29 is 18.7 Å².